The number of carbonyl (C=O) groups excluding carboxylic acids is 1. The minimum Gasteiger partial charge on any atom is -0.379 e. The number of nitrogens with one attached hydrogen (secondary N) is 1. The van der Waals surface area contributed by atoms with Crippen molar-refractivity contribution in [3.63, 3.8) is 0 Å². The number of likely N-dealkylation sites (tertiary alicyclic amines) is 1. The Kier molecular flexibility index (Phi) is 7.11. The van der Waals surface area contributed by atoms with Gasteiger partial charge in [-0.3, -0.25) is 14.4 Å². The maximum Gasteiger partial charge on any atom is 0.227 e. The van der Waals surface area contributed by atoms with Crippen LogP contribution in [0.4, 0.5) is 0 Å². The zero-order chi connectivity index (χ0) is 21.0. The normalized spacial score (nSPS) is 30.7. The zero-order valence-electron chi connectivity index (χ0n) is 18.8. The van der Waals surface area contributed by atoms with Gasteiger partial charge in [-0.1, -0.05) is 6.92 Å². The Labute approximate surface area is 181 Å². The molecule has 1 amide bonds. The minimum atomic E-state index is -0.203. The van der Waals surface area contributed by atoms with E-state index in [1.807, 2.05) is 17.9 Å². The molecule has 3 fully saturated rings. The SMILES string of the molecule is CCN1CC[C@@H]2C[C@@H](N3CCOCC3)CC[C@@]2(C(=O)NCCCc2cnn(C)c2)C1. The van der Waals surface area contributed by atoms with Gasteiger partial charge in [0, 0.05) is 45.5 Å². The van der Waals surface area contributed by atoms with Crippen molar-refractivity contribution in [2.45, 2.75) is 51.5 Å². The third kappa shape index (κ3) is 4.73. The fourth-order valence-corrected chi connectivity index (χ4v) is 5.91. The number of aryl methyl sites for hydroxylation is 2. The average molecular weight is 418 g/mol. The van der Waals surface area contributed by atoms with E-state index in [-0.39, 0.29) is 5.41 Å². The summed E-state index contributed by atoms with van der Waals surface area (Å²) in [5.74, 6) is 0.803. The number of carbonyl (C=O) groups is 1. The Bertz CT molecular complexity index is 702. The first kappa shape index (κ1) is 21.8. The number of fused-ring (bicyclic) bond motifs is 1. The molecule has 3 aliphatic rings. The third-order valence-electron chi connectivity index (χ3n) is 7.71. The Hall–Kier alpha value is -1.44. The lowest BCUT2D eigenvalue weighted by Crippen LogP contribution is -2.60. The first-order valence-electron chi connectivity index (χ1n) is 11.9. The summed E-state index contributed by atoms with van der Waals surface area (Å²) in [6.45, 7) is 9.88. The minimum absolute atomic E-state index is 0.203. The first-order chi connectivity index (χ1) is 14.6. The van der Waals surface area contributed by atoms with Crippen molar-refractivity contribution < 1.29 is 9.53 Å². The lowest BCUT2D eigenvalue weighted by Gasteiger charge is -2.53. The van der Waals surface area contributed by atoms with E-state index in [1.165, 1.54) is 12.0 Å². The second kappa shape index (κ2) is 9.79. The Morgan fingerprint density at radius 1 is 1.30 bits per heavy atom. The van der Waals surface area contributed by atoms with Gasteiger partial charge in [0.15, 0.2) is 0 Å². The summed E-state index contributed by atoms with van der Waals surface area (Å²) in [7, 11) is 1.94. The first-order valence-corrected chi connectivity index (χ1v) is 11.9. The molecule has 1 saturated carbocycles. The number of hydrogen-bond donors (Lipinski definition) is 1. The predicted octanol–water partition coefficient (Wildman–Crippen LogP) is 1.68. The van der Waals surface area contributed by atoms with Crippen molar-refractivity contribution in [3.05, 3.63) is 18.0 Å². The molecule has 3 heterocycles. The van der Waals surface area contributed by atoms with E-state index in [4.69, 9.17) is 4.74 Å². The highest BCUT2D eigenvalue weighted by atomic mass is 16.5. The van der Waals surface area contributed by atoms with Crippen LogP contribution in [0.5, 0.6) is 0 Å². The monoisotopic (exact) mass is 417 g/mol. The van der Waals surface area contributed by atoms with Crippen LogP contribution in [0.3, 0.4) is 0 Å². The number of ether oxygens (including phenoxy) is 1. The van der Waals surface area contributed by atoms with Crippen LogP contribution in [0.15, 0.2) is 12.4 Å². The number of hydrogen-bond acceptors (Lipinski definition) is 5. The number of piperidine rings is 1. The van der Waals surface area contributed by atoms with Crippen LogP contribution in [0.1, 0.15) is 44.6 Å². The predicted molar refractivity (Wildman–Crippen MR) is 117 cm³/mol. The van der Waals surface area contributed by atoms with E-state index >= 15 is 0 Å². The quantitative estimate of drug-likeness (QED) is 0.684. The highest BCUT2D eigenvalue weighted by Gasteiger charge is 2.52. The van der Waals surface area contributed by atoms with Crippen LogP contribution < -0.4 is 5.32 Å². The molecule has 7 nitrogen and oxygen atoms in total. The lowest BCUT2D eigenvalue weighted by molar-refractivity contribution is -0.144. The van der Waals surface area contributed by atoms with Crippen LogP contribution in [0.2, 0.25) is 0 Å². The maximum absolute atomic E-state index is 13.5. The average Bonchev–Trinajstić information content (AvgIpc) is 3.21. The van der Waals surface area contributed by atoms with Crippen molar-refractivity contribution in [2.75, 3.05) is 52.5 Å². The van der Waals surface area contributed by atoms with Crippen molar-refractivity contribution in [1.29, 1.82) is 0 Å². The van der Waals surface area contributed by atoms with Gasteiger partial charge in [0.05, 0.1) is 24.8 Å². The third-order valence-corrected chi connectivity index (χ3v) is 7.71. The van der Waals surface area contributed by atoms with Gasteiger partial charge in [-0.25, -0.2) is 0 Å². The molecule has 0 radical (unpaired) electrons. The zero-order valence-corrected chi connectivity index (χ0v) is 18.8. The number of rotatable bonds is 7. The number of aromatic nitrogens is 2. The van der Waals surface area contributed by atoms with E-state index in [2.05, 4.69) is 33.3 Å². The van der Waals surface area contributed by atoms with Crippen LogP contribution in [-0.4, -0.2) is 84.0 Å². The molecule has 2 saturated heterocycles. The molecule has 0 spiro atoms. The van der Waals surface area contributed by atoms with Crippen LogP contribution in [0, 0.1) is 11.3 Å². The highest BCUT2D eigenvalue weighted by molar-refractivity contribution is 5.83. The number of morpholine rings is 1. The molecule has 2 aliphatic heterocycles. The summed E-state index contributed by atoms with van der Waals surface area (Å²) in [6.07, 6.45) is 10.4. The molecule has 168 valence electrons. The molecule has 30 heavy (non-hydrogen) atoms. The smallest absolute Gasteiger partial charge is 0.227 e. The van der Waals surface area contributed by atoms with Crippen LogP contribution >= 0.6 is 0 Å². The van der Waals surface area contributed by atoms with Crippen molar-refractivity contribution in [2.24, 2.45) is 18.4 Å². The summed E-state index contributed by atoms with van der Waals surface area (Å²) in [6, 6.07) is 0.624. The Balaban J connectivity index is 1.36. The molecular formula is C23H39N5O2. The molecule has 3 atom stereocenters. The molecule has 1 N–H and O–H groups in total. The molecule has 0 aromatic carbocycles. The molecule has 4 rings (SSSR count). The van der Waals surface area contributed by atoms with Crippen molar-refractivity contribution >= 4 is 5.91 Å². The number of amides is 1. The van der Waals surface area contributed by atoms with E-state index in [0.717, 1.165) is 84.6 Å². The fourth-order valence-electron chi connectivity index (χ4n) is 5.91. The van der Waals surface area contributed by atoms with Gasteiger partial charge in [-0.2, -0.15) is 5.10 Å². The maximum atomic E-state index is 13.5. The van der Waals surface area contributed by atoms with E-state index < -0.39 is 0 Å². The summed E-state index contributed by atoms with van der Waals surface area (Å²) in [4.78, 5) is 18.6. The molecule has 0 unspecified atom stereocenters. The molecule has 7 heteroatoms. The molecular weight excluding hydrogens is 378 g/mol. The van der Waals surface area contributed by atoms with E-state index in [1.54, 1.807) is 0 Å². The fraction of sp³-hybridized carbons (Fsp3) is 0.826. The molecule has 1 aromatic heterocycles. The molecule has 1 aromatic rings. The number of nitrogens with zero attached hydrogens (tertiary/aromatic N) is 4. The highest BCUT2D eigenvalue weighted by Crippen LogP contribution is 2.47. The van der Waals surface area contributed by atoms with Gasteiger partial charge in [0.2, 0.25) is 5.91 Å². The standard InChI is InChI=1S/C23H39N5O2/c1-3-27-10-7-20-15-21(28-11-13-30-14-12-28)6-8-23(20,18-27)22(29)24-9-4-5-19-16-25-26(2)17-19/h16-17,20-21H,3-15,18H2,1-2H3,(H,24,29)/t20-,21+,23-/m1/s1. The van der Waals surface area contributed by atoms with E-state index in [9.17, 15) is 4.79 Å². The van der Waals surface area contributed by atoms with Crippen LogP contribution in [0.25, 0.3) is 0 Å². The van der Waals surface area contributed by atoms with Gasteiger partial charge in [0.1, 0.15) is 0 Å². The van der Waals surface area contributed by atoms with Gasteiger partial charge in [0.25, 0.3) is 0 Å². The summed E-state index contributed by atoms with van der Waals surface area (Å²) in [5.41, 5.74) is 1.04. The Morgan fingerprint density at radius 2 is 2.13 bits per heavy atom. The Morgan fingerprint density at radius 3 is 2.87 bits per heavy atom. The summed E-state index contributed by atoms with van der Waals surface area (Å²) < 4.78 is 7.39. The van der Waals surface area contributed by atoms with Gasteiger partial charge in [-0.05, 0) is 63.1 Å². The topological polar surface area (TPSA) is 62.6 Å². The lowest BCUT2D eigenvalue weighted by atomic mass is 9.61. The summed E-state index contributed by atoms with van der Waals surface area (Å²) in [5, 5.41) is 7.56. The second-order valence-electron chi connectivity index (χ2n) is 9.47. The van der Waals surface area contributed by atoms with Crippen molar-refractivity contribution in [3.8, 4) is 0 Å². The van der Waals surface area contributed by atoms with Gasteiger partial charge < -0.3 is 15.0 Å². The van der Waals surface area contributed by atoms with E-state index in [0.29, 0.717) is 17.9 Å². The molecule has 1 aliphatic carbocycles. The largest absolute Gasteiger partial charge is 0.379 e. The molecule has 0 bridgehead atoms. The van der Waals surface area contributed by atoms with Gasteiger partial charge >= 0.3 is 0 Å². The second-order valence-corrected chi connectivity index (χ2v) is 9.47. The van der Waals surface area contributed by atoms with Crippen molar-refractivity contribution in [1.82, 2.24) is 24.9 Å². The summed E-state index contributed by atoms with van der Waals surface area (Å²) >= 11 is 0. The van der Waals surface area contributed by atoms with Gasteiger partial charge in [-0.15, -0.1) is 0 Å². The van der Waals surface area contributed by atoms with Crippen LogP contribution in [-0.2, 0) is 23.0 Å².